The molecule has 0 atom stereocenters. The molecule has 3 aromatic carbocycles. The quantitative estimate of drug-likeness (QED) is 0.161. The average molecular weight is 586 g/mol. The van der Waals surface area contributed by atoms with Crippen LogP contribution in [0.4, 0.5) is 10.6 Å². The summed E-state index contributed by atoms with van der Waals surface area (Å²) in [7, 11) is 3.26. The first-order valence-electron chi connectivity index (χ1n) is 14.3. The van der Waals surface area contributed by atoms with Gasteiger partial charge < -0.3 is 34.9 Å². The monoisotopic (exact) mass is 585 g/mol. The number of primary amides is 1. The van der Waals surface area contributed by atoms with Crippen LogP contribution in [-0.2, 0) is 26.2 Å². The third kappa shape index (κ3) is 9.34. The van der Waals surface area contributed by atoms with Crippen molar-refractivity contribution in [3.63, 3.8) is 0 Å². The standard InChI is InChI=1S/C33H39N5O5/c1-4-5-19-42-33-36-29(21-35-20-24-9-7-6-8-10-24)30(43-32(34)39)31(37-33)38(22-25-11-15-27(40-2)16-12-25)23-26-13-17-28(41-3)18-14-26/h6-18,35H,4-5,19-23H2,1-3H3,(H2,34,39). The fraction of sp³-hybridized carbons (Fsp3) is 0.303. The number of ether oxygens (including phenoxy) is 4. The van der Waals surface area contributed by atoms with Crippen LogP contribution < -0.4 is 34.9 Å². The summed E-state index contributed by atoms with van der Waals surface area (Å²) < 4.78 is 22.3. The van der Waals surface area contributed by atoms with Crippen LogP contribution in [0, 0.1) is 0 Å². The number of nitrogens with zero attached hydrogens (tertiary/aromatic N) is 3. The van der Waals surface area contributed by atoms with Crippen LogP contribution in [0.25, 0.3) is 0 Å². The topological polar surface area (TPSA) is 121 Å². The summed E-state index contributed by atoms with van der Waals surface area (Å²) >= 11 is 0. The molecule has 0 aliphatic heterocycles. The minimum Gasteiger partial charge on any atom is -0.497 e. The van der Waals surface area contributed by atoms with Crippen LogP contribution in [0.5, 0.6) is 23.3 Å². The van der Waals surface area contributed by atoms with Crippen molar-refractivity contribution in [2.45, 2.75) is 45.9 Å². The van der Waals surface area contributed by atoms with Gasteiger partial charge >= 0.3 is 12.1 Å². The van der Waals surface area contributed by atoms with E-state index < -0.39 is 6.09 Å². The number of rotatable bonds is 16. The lowest BCUT2D eigenvalue weighted by Gasteiger charge is -2.27. The maximum Gasteiger partial charge on any atom is 0.410 e. The Bertz CT molecular complexity index is 1380. The largest absolute Gasteiger partial charge is 0.497 e. The van der Waals surface area contributed by atoms with Crippen LogP contribution >= 0.6 is 0 Å². The van der Waals surface area contributed by atoms with Gasteiger partial charge in [0.25, 0.3) is 0 Å². The first-order chi connectivity index (χ1) is 21.0. The van der Waals surface area contributed by atoms with Gasteiger partial charge in [-0.1, -0.05) is 67.9 Å². The highest BCUT2D eigenvalue weighted by Crippen LogP contribution is 2.34. The summed E-state index contributed by atoms with van der Waals surface area (Å²) in [5, 5.41) is 3.39. The first-order valence-corrected chi connectivity index (χ1v) is 14.3. The molecule has 0 radical (unpaired) electrons. The molecule has 0 spiro atoms. The molecule has 0 saturated carbocycles. The van der Waals surface area contributed by atoms with Crippen LogP contribution in [0.1, 0.15) is 42.1 Å². The molecule has 0 saturated heterocycles. The van der Waals surface area contributed by atoms with E-state index in [1.165, 1.54) is 0 Å². The van der Waals surface area contributed by atoms with Crippen molar-refractivity contribution in [2.24, 2.45) is 5.73 Å². The molecule has 4 rings (SSSR count). The third-order valence-electron chi connectivity index (χ3n) is 6.66. The normalized spacial score (nSPS) is 10.7. The van der Waals surface area contributed by atoms with Gasteiger partial charge in [0.1, 0.15) is 17.2 Å². The Morgan fingerprint density at radius 2 is 1.42 bits per heavy atom. The summed E-state index contributed by atoms with van der Waals surface area (Å²) in [6, 6.07) is 25.7. The lowest BCUT2D eigenvalue weighted by molar-refractivity contribution is 0.209. The second kappa shape index (κ2) is 16.0. The Morgan fingerprint density at radius 1 is 0.814 bits per heavy atom. The summed E-state index contributed by atoms with van der Waals surface area (Å²) in [6.45, 7) is 4.30. The number of amides is 1. The minimum absolute atomic E-state index is 0.179. The molecule has 0 aliphatic rings. The van der Waals surface area contributed by atoms with Crippen molar-refractivity contribution in [2.75, 3.05) is 25.7 Å². The molecule has 0 aliphatic carbocycles. The van der Waals surface area contributed by atoms with Gasteiger partial charge in [0, 0.05) is 26.2 Å². The fourth-order valence-corrected chi connectivity index (χ4v) is 4.40. The highest BCUT2D eigenvalue weighted by molar-refractivity contribution is 5.72. The predicted molar refractivity (Wildman–Crippen MR) is 166 cm³/mol. The molecular formula is C33H39N5O5. The number of benzene rings is 3. The number of anilines is 1. The van der Waals surface area contributed by atoms with Crippen molar-refractivity contribution < 1.29 is 23.7 Å². The van der Waals surface area contributed by atoms with Gasteiger partial charge in [-0.3, -0.25) is 0 Å². The minimum atomic E-state index is -0.956. The summed E-state index contributed by atoms with van der Waals surface area (Å²) in [5.74, 6) is 2.08. The van der Waals surface area contributed by atoms with Crippen LogP contribution in [0.3, 0.4) is 0 Å². The average Bonchev–Trinajstić information content (AvgIpc) is 3.03. The van der Waals surface area contributed by atoms with Crippen molar-refractivity contribution in [3.8, 4) is 23.3 Å². The van der Waals surface area contributed by atoms with E-state index in [9.17, 15) is 4.79 Å². The first kappa shape index (κ1) is 31.1. The maximum atomic E-state index is 12.2. The van der Waals surface area contributed by atoms with Gasteiger partial charge in [-0.15, -0.1) is 0 Å². The molecule has 1 heterocycles. The molecule has 1 aromatic heterocycles. The number of hydrogen-bond donors (Lipinski definition) is 2. The SMILES string of the molecule is CCCCOc1nc(CNCc2ccccc2)c(OC(N)=O)c(N(Cc2ccc(OC)cc2)Cc2ccc(OC)cc2)n1. The van der Waals surface area contributed by atoms with E-state index in [0.29, 0.717) is 37.8 Å². The molecule has 0 fully saturated rings. The van der Waals surface area contributed by atoms with Crippen LogP contribution in [-0.4, -0.2) is 36.9 Å². The van der Waals surface area contributed by atoms with Crippen LogP contribution in [0.2, 0.25) is 0 Å². The summed E-state index contributed by atoms with van der Waals surface area (Å²) in [4.78, 5) is 23.6. The van der Waals surface area contributed by atoms with Crippen molar-refractivity contribution >= 4 is 11.9 Å². The second-order valence-corrected chi connectivity index (χ2v) is 9.87. The van der Waals surface area contributed by atoms with E-state index in [4.69, 9.17) is 29.7 Å². The van der Waals surface area contributed by atoms with Gasteiger partial charge in [-0.2, -0.15) is 9.97 Å². The number of nitrogens with one attached hydrogen (secondary N) is 1. The molecule has 0 bridgehead atoms. The summed E-state index contributed by atoms with van der Waals surface area (Å²) in [5.41, 5.74) is 9.13. The lowest BCUT2D eigenvalue weighted by Crippen LogP contribution is -2.28. The molecular weight excluding hydrogens is 546 g/mol. The van der Waals surface area contributed by atoms with Crippen molar-refractivity contribution in [1.82, 2.24) is 15.3 Å². The number of methoxy groups -OCH3 is 2. The molecule has 4 aromatic rings. The molecule has 10 heteroatoms. The number of carbonyl (C=O) groups is 1. The zero-order valence-electron chi connectivity index (χ0n) is 24.9. The number of unbranched alkanes of at least 4 members (excludes halogenated alkanes) is 1. The van der Waals surface area contributed by atoms with E-state index >= 15 is 0 Å². The Kier molecular flexibility index (Phi) is 11.6. The number of aromatic nitrogens is 2. The van der Waals surface area contributed by atoms with E-state index in [0.717, 1.165) is 41.0 Å². The fourth-order valence-electron chi connectivity index (χ4n) is 4.40. The zero-order chi connectivity index (χ0) is 30.4. The number of hydrogen-bond acceptors (Lipinski definition) is 9. The smallest absolute Gasteiger partial charge is 0.410 e. The van der Waals surface area contributed by atoms with Crippen molar-refractivity contribution in [3.05, 3.63) is 101 Å². The highest BCUT2D eigenvalue weighted by Gasteiger charge is 2.24. The Hall–Kier alpha value is -4.83. The van der Waals surface area contributed by atoms with Gasteiger partial charge in [0.15, 0.2) is 11.6 Å². The highest BCUT2D eigenvalue weighted by atomic mass is 16.6. The van der Waals surface area contributed by atoms with Gasteiger partial charge in [-0.25, -0.2) is 4.79 Å². The van der Waals surface area contributed by atoms with E-state index in [1.54, 1.807) is 14.2 Å². The molecule has 43 heavy (non-hydrogen) atoms. The number of nitrogens with two attached hydrogens (primary N) is 1. The van der Waals surface area contributed by atoms with Gasteiger partial charge in [-0.05, 0) is 47.4 Å². The van der Waals surface area contributed by atoms with E-state index in [1.807, 2.05) is 83.8 Å². The molecule has 0 unspecified atom stereocenters. The summed E-state index contributed by atoms with van der Waals surface area (Å²) in [6.07, 6.45) is 0.853. The van der Waals surface area contributed by atoms with Crippen molar-refractivity contribution in [1.29, 1.82) is 0 Å². The Morgan fingerprint density at radius 3 is 1.95 bits per heavy atom. The number of carbonyl (C=O) groups excluding carboxylic acids is 1. The van der Waals surface area contributed by atoms with Gasteiger partial charge in [0.05, 0.1) is 20.8 Å². The second-order valence-electron chi connectivity index (χ2n) is 9.87. The zero-order valence-corrected chi connectivity index (χ0v) is 24.9. The molecule has 10 nitrogen and oxygen atoms in total. The van der Waals surface area contributed by atoms with E-state index in [-0.39, 0.29) is 18.3 Å². The van der Waals surface area contributed by atoms with Crippen LogP contribution in [0.15, 0.2) is 78.9 Å². The molecule has 226 valence electrons. The van der Waals surface area contributed by atoms with Gasteiger partial charge in [0.2, 0.25) is 0 Å². The van der Waals surface area contributed by atoms with E-state index in [2.05, 4.69) is 17.2 Å². The molecule has 1 amide bonds. The Labute approximate surface area is 252 Å². The third-order valence-corrected chi connectivity index (χ3v) is 6.66. The Balaban J connectivity index is 1.76. The molecule has 3 N–H and O–H groups in total. The predicted octanol–water partition coefficient (Wildman–Crippen LogP) is 5.63. The lowest BCUT2D eigenvalue weighted by atomic mass is 10.1. The maximum absolute atomic E-state index is 12.2.